The fourth-order valence-corrected chi connectivity index (χ4v) is 1.72. The molecule has 0 aliphatic rings. The van der Waals surface area contributed by atoms with E-state index < -0.39 is 17.6 Å². The van der Waals surface area contributed by atoms with Gasteiger partial charge in [-0.15, -0.1) is 10.2 Å². The summed E-state index contributed by atoms with van der Waals surface area (Å²) in [5, 5.41) is 6.81. The van der Waals surface area contributed by atoms with Crippen LogP contribution in [-0.2, 0) is 6.18 Å². The molecule has 0 spiro atoms. The lowest BCUT2D eigenvalue weighted by Gasteiger charge is -2.11. The van der Waals surface area contributed by atoms with Crippen molar-refractivity contribution in [1.29, 1.82) is 0 Å². The molecule has 1 aromatic carbocycles. The fourth-order valence-electron chi connectivity index (χ4n) is 1.47. The number of halogens is 5. The van der Waals surface area contributed by atoms with Crippen LogP contribution >= 0.6 is 11.6 Å². The number of aromatic nitrogens is 3. The first-order valence-electron chi connectivity index (χ1n) is 4.75. The van der Waals surface area contributed by atoms with Gasteiger partial charge in [-0.05, 0) is 36.7 Å². The van der Waals surface area contributed by atoms with Crippen LogP contribution in [0.4, 0.5) is 17.6 Å². The van der Waals surface area contributed by atoms with Crippen molar-refractivity contribution in [2.45, 2.75) is 13.1 Å². The highest BCUT2D eigenvalue weighted by atomic mass is 35.5. The van der Waals surface area contributed by atoms with Gasteiger partial charge in [0.05, 0.1) is 11.3 Å². The Morgan fingerprint density at radius 3 is 2.39 bits per heavy atom. The molecule has 0 unspecified atom stereocenters. The van der Waals surface area contributed by atoms with Gasteiger partial charge in [0.1, 0.15) is 11.6 Å². The van der Waals surface area contributed by atoms with Crippen molar-refractivity contribution >= 4 is 11.6 Å². The van der Waals surface area contributed by atoms with E-state index in [4.69, 9.17) is 11.6 Å². The lowest BCUT2D eigenvalue weighted by atomic mass is 10.2. The second kappa shape index (κ2) is 4.24. The molecule has 1 heterocycles. The summed E-state index contributed by atoms with van der Waals surface area (Å²) in [7, 11) is 0. The molecule has 8 heteroatoms. The zero-order chi connectivity index (χ0) is 13.5. The number of aryl methyl sites for hydroxylation is 1. The van der Waals surface area contributed by atoms with E-state index in [1.54, 1.807) is 0 Å². The Kier molecular flexibility index (Phi) is 3.02. The van der Waals surface area contributed by atoms with Gasteiger partial charge in [-0.3, -0.25) is 4.57 Å². The molecule has 18 heavy (non-hydrogen) atoms. The SMILES string of the molecule is Cc1nnc(Cl)n1-c1cc(C(F)(F)F)ccc1F. The van der Waals surface area contributed by atoms with Crippen molar-refractivity contribution in [1.82, 2.24) is 14.8 Å². The maximum Gasteiger partial charge on any atom is 0.416 e. The van der Waals surface area contributed by atoms with E-state index in [2.05, 4.69) is 10.2 Å². The summed E-state index contributed by atoms with van der Waals surface area (Å²) in [4.78, 5) is 0. The van der Waals surface area contributed by atoms with Crippen LogP contribution in [0, 0.1) is 12.7 Å². The topological polar surface area (TPSA) is 30.7 Å². The predicted octanol–water partition coefficient (Wildman–Crippen LogP) is 3.39. The number of alkyl halides is 3. The van der Waals surface area contributed by atoms with E-state index in [-0.39, 0.29) is 16.8 Å². The van der Waals surface area contributed by atoms with Gasteiger partial charge in [0, 0.05) is 0 Å². The first-order valence-corrected chi connectivity index (χ1v) is 5.13. The van der Waals surface area contributed by atoms with Gasteiger partial charge in [0.2, 0.25) is 5.28 Å². The summed E-state index contributed by atoms with van der Waals surface area (Å²) in [5.41, 5.74) is -1.31. The molecule has 0 amide bonds. The smallest absolute Gasteiger partial charge is 0.267 e. The zero-order valence-electron chi connectivity index (χ0n) is 8.96. The van der Waals surface area contributed by atoms with Crippen molar-refractivity contribution in [3.05, 3.63) is 40.7 Å². The molecule has 2 aromatic rings. The van der Waals surface area contributed by atoms with E-state index >= 15 is 0 Å². The number of hydrogen-bond donors (Lipinski definition) is 0. The Labute approximate surface area is 104 Å². The molecule has 0 N–H and O–H groups in total. The van der Waals surface area contributed by atoms with Crippen LogP contribution in [0.15, 0.2) is 18.2 Å². The Morgan fingerprint density at radius 1 is 1.22 bits per heavy atom. The van der Waals surface area contributed by atoms with E-state index in [0.29, 0.717) is 12.1 Å². The quantitative estimate of drug-likeness (QED) is 0.749. The minimum atomic E-state index is -4.56. The molecule has 0 saturated heterocycles. The van der Waals surface area contributed by atoms with E-state index in [1.807, 2.05) is 0 Å². The maximum absolute atomic E-state index is 13.6. The Morgan fingerprint density at radius 2 is 1.89 bits per heavy atom. The van der Waals surface area contributed by atoms with E-state index in [0.717, 1.165) is 10.6 Å². The third-order valence-electron chi connectivity index (χ3n) is 2.30. The second-order valence-corrected chi connectivity index (χ2v) is 3.85. The molecule has 1 aromatic heterocycles. The van der Waals surface area contributed by atoms with Gasteiger partial charge in [-0.1, -0.05) is 0 Å². The van der Waals surface area contributed by atoms with Crippen molar-refractivity contribution in [3.8, 4) is 5.69 Å². The monoisotopic (exact) mass is 279 g/mol. The molecule has 0 saturated carbocycles. The predicted molar refractivity (Wildman–Crippen MR) is 56.1 cm³/mol. The third kappa shape index (κ3) is 2.17. The van der Waals surface area contributed by atoms with Crippen LogP contribution < -0.4 is 0 Å². The molecule has 0 radical (unpaired) electrons. The third-order valence-corrected chi connectivity index (χ3v) is 2.54. The summed E-state index contributed by atoms with van der Waals surface area (Å²) >= 11 is 5.66. The van der Waals surface area contributed by atoms with Crippen LogP contribution in [-0.4, -0.2) is 14.8 Å². The van der Waals surface area contributed by atoms with Gasteiger partial charge < -0.3 is 0 Å². The zero-order valence-corrected chi connectivity index (χ0v) is 9.72. The number of rotatable bonds is 1. The normalized spacial score (nSPS) is 11.9. The number of hydrogen-bond acceptors (Lipinski definition) is 2. The molecular weight excluding hydrogens is 274 g/mol. The van der Waals surface area contributed by atoms with Gasteiger partial charge in [-0.25, -0.2) is 4.39 Å². The highest BCUT2D eigenvalue weighted by molar-refractivity contribution is 6.28. The highest BCUT2D eigenvalue weighted by Gasteiger charge is 2.31. The molecule has 3 nitrogen and oxygen atoms in total. The Bertz CT molecular complexity index is 572. The molecule has 0 aliphatic heterocycles. The molecule has 0 aliphatic carbocycles. The van der Waals surface area contributed by atoms with Crippen molar-refractivity contribution in [2.75, 3.05) is 0 Å². The van der Waals surface area contributed by atoms with Gasteiger partial charge in [0.15, 0.2) is 0 Å². The average Bonchev–Trinajstić information content (AvgIpc) is 2.58. The maximum atomic E-state index is 13.6. The van der Waals surface area contributed by atoms with Crippen LogP contribution in [0.2, 0.25) is 5.28 Å². The van der Waals surface area contributed by atoms with Crippen molar-refractivity contribution < 1.29 is 17.6 Å². The fraction of sp³-hybridized carbons (Fsp3) is 0.200. The number of nitrogens with zero attached hydrogens (tertiary/aromatic N) is 3. The summed E-state index contributed by atoms with van der Waals surface area (Å²) in [6.07, 6.45) is -4.56. The largest absolute Gasteiger partial charge is 0.416 e. The van der Waals surface area contributed by atoms with Gasteiger partial charge in [0.25, 0.3) is 0 Å². The first kappa shape index (κ1) is 12.8. The van der Waals surface area contributed by atoms with Gasteiger partial charge in [-0.2, -0.15) is 13.2 Å². The lowest BCUT2D eigenvalue weighted by molar-refractivity contribution is -0.137. The molecule has 0 fully saturated rings. The van der Waals surface area contributed by atoms with Crippen LogP contribution in [0.3, 0.4) is 0 Å². The summed E-state index contributed by atoms with van der Waals surface area (Å²) in [6, 6.07) is 2.05. The summed E-state index contributed by atoms with van der Waals surface area (Å²) in [6.45, 7) is 1.46. The molecule has 0 atom stereocenters. The van der Waals surface area contributed by atoms with Crippen molar-refractivity contribution in [2.24, 2.45) is 0 Å². The van der Waals surface area contributed by atoms with E-state index in [1.165, 1.54) is 6.92 Å². The van der Waals surface area contributed by atoms with Crippen LogP contribution in [0.1, 0.15) is 11.4 Å². The van der Waals surface area contributed by atoms with Crippen LogP contribution in [0.25, 0.3) is 5.69 Å². The Balaban J connectivity index is 2.65. The standard InChI is InChI=1S/C10H6ClF4N3/c1-5-16-17-9(11)18(5)8-4-6(10(13,14)15)2-3-7(8)12/h2-4H,1H3. The van der Waals surface area contributed by atoms with E-state index in [9.17, 15) is 17.6 Å². The first-order chi connectivity index (χ1) is 8.30. The molecular formula is C10H6ClF4N3. The minimum Gasteiger partial charge on any atom is -0.267 e. The molecule has 2 rings (SSSR count). The molecule has 96 valence electrons. The second-order valence-electron chi connectivity index (χ2n) is 3.52. The summed E-state index contributed by atoms with van der Waals surface area (Å²) < 4.78 is 52.2. The van der Waals surface area contributed by atoms with Gasteiger partial charge >= 0.3 is 6.18 Å². The van der Waals surface area contributed by atoms with Crippen LogP contribution in [0.5, 0.6) is 0 Å². The lowest BCUT2D eigenvalue weighted by Crippen LogP contribution is -2.08. The average molecular weight is 280 g/mol. The minimum absolute atomic E-state index is 0.193. The Hall–Kier alpha value is -1.63. The summed E-state index contributed by atoms with van der Waals surface area (Å²) in [5.74, 6) is -0.647. The highest BCUT2D eigenvalue weighted by Crippen LogP contribution is 2.32. The molecule has 0 bridgehead atoms. The van der Waals surface area contributed by atoms with Crippen molar-refractivity contribution in [3.63, 3.8) is 0 Å². The number of benzene rings is 1.